The van der Waals surface area contributed by atoms with E-state index in [0.717, 1.165) is 0 Å². The van der Waals surface area contributed by atoms with Crippen molar-refractivity contribution in [2.45, 2.75) is 0 Å². The molecule has 2 N–H and O–H groups in total. The number of hydrogen-bond acceptors (Lipinski definition) is 7. The number of carbonyl (C=O) groups excluding carboxylic acids is 2. The predicted molar refractivity (Wildman–Crippen MR) is 104 cm³/mol. The van der Waals surface area contributed by atoms with Crippen LogP contribution >= 0.6 is 0 Å². The van der Waals surface area contributed by atoms with Crippen molar-refractivity contribution in [3.8, 4) is 5.75 Å². The van der Waals surface area contributed by atoms with E-state index in [0.29, 0.717) is 22.7 Å². The van der Waals surface area contributed by atoms with Crippen LogP contribution in [0, 0.1) is 0 Å². The molecule has 0 bridgehead atoms. The fourth-order valence-electron chi connectivity index (χ4n) is 2.45. The van der Waals surface area contributed by atoms with Crippen molar-refractivity contribution in [1.82, 2.24) is 9.97 Å². The van der Waals surface area contributed by atoms with Gasteiger partial charge in [-0.25, -0.2) is 14.8 Å². The van der Waals surface area contributed by atoms with Crippen molar-refractivity contribution in [1.29, 1.82) is 0 Å². The van der Waals surface area contributed by atoms with Gasteiger partial charge in [0.05, 0.1) is 36.7 Å². The lowest BCUT2D eigenvalue weighted by Crippen LogP contribution is -2.14. The Bertz CT molecular complexity index is 990. The first-order chi connectivity index (χ1) is 13.6. The average Bonchev–Trinajstić information content (AvgIpc) is 2.74. The van der Waals surface area contributed by atoms with Gasteiger partial charge in [0.25, 0.3) is 5.91 Å². The van der Waals surface area contributed by atoms with Gasteiger partial charge in [-0.2, -0.15) is 0 Å². The van der Waals surface area contributed by atoms with E-state index in [1.165, 1.54) is 26.6 Å². The Morgan fingerprint density at radius 1 is 0.893 bits per heavy atom. The van der Waals surface area contributed by atoms with Gasteiger partial charge in [-0.05, 0) is 24.3 Å². The first-order valence-electron chi connectivity index (χ1n) is 8.33. The molecule has 142 valence electrons. The van der Waals surface area contributed by atoms with Crippen LogP contribution in [-0.4, -0.2) is 36.1 Å². The van der Waals surface area contributed by atoms with E-state index in [1.54, 1.807) is 42.5 Å². The summed E-state index contributed by atoms with van der Waals surface area (Å²) in [7, 11) is 2.84. The van der Waals surface area contributed by atoms with Crippen LogP contribution in [0.5, 0.6) is 5.75 Å². The van der Waals surface area contributed by atoms with Crippen molar-refractivity contribution < 1.29 is 19.1 Å². The zero-order valence-corrected chi connectivity index (χ0v) is 15.3. The lowest BCUT2D eigenvalue weighted by molar-refractivity contribution is 0.0601. The fourth-order valence-corrected chi connectivity index (χ4v) is 2.45. The monoisotopic (exact) mass is 378 g/mol. The number of esters is 1. The molecule has 0 radical (unpaired) electrons. The molecule has 0 fully saturated rings. The van der Waals surface area contributed by atoms with Crippen LogP contribution in [0.2, 0.25) is 0 Å². The molecule has 0 spiro atoms. The van der Waals surface area contributed by atoms with Crippen LogP contribution in [0.15, 0.2) is 60.9 Å². The molecule has 2 aromatic carbocycles. The molecule has 0 saturated heterocycles. The highest BCUT2D eigenvalue weighted by Crippen LogP contribution is 2.24. The standard InChI is InChI=1S/C20H18N4O4/c1-27-17-10-6-5-9-16(17)23-18(25)13-11-21-20(22-12-13)24-15-8-4-3-7-14(15)19(26)28-2/h3-12H,1-2H3,(H,23,25)(H,21,22,24). The molecule has 3 rings (SSSR count). The van der Waals surface area contributed by atoms with E-state index in [2.05, 4.69) is 20.6 Å². The number of amides is 1. The van der Waals surface area contributed by atoms with Crippen LogP contribution in [0.1, 0.15) is 20.7 Å². The molecule has 0 aliphatic rings. The van der Waals surface area contributed by atoms with Gasteiger partial charge in [0, 0.05) is 12.4 Å². The highest BCUT2D eigenvalue weighted by molar-refractivity contribution is 6.04. The average molecular weight is 378 g/mol. The maximum atomic E-state index is 12.4. The number of methoxy groups -OCH3 is 2. The van der Waals surface area contributed by atoms with Crippen molar-refractivity contribution in [2.75, 3.05) is 24.9 Å². The van der Waals surface area contributed by atoms with Crippen LogP contribution in [0.25, 0.3) is 0 Å². The molecule has 0 atom stereocenters. The van der Waals surface area contributed by atoms with Gasteiger partial charge in [0.1, 0.15) is 5.75 Å². The number of benzene rings is 2. The molecule has 0 unspecified atom stereocenters. The number of carbonyl (C=O) groups is 2. The molecule has 1 aromatic heterocycles. The Morgan fingerprint density at radius 3 is 2.21 bits per heavy atom. The zero-order chi connectivity index (χ0) is 19.9. The summed E-state index contributed by atoms with van der Waals surface area (Å²) in [5.41, 5.74) is 1.68. The fraction of sp³-hybridized carbons (Fsp3) is 0.100. The summed E-state index contributed by atoms with van der Waals surface area (Å²) in [5, 5.41) is 5.70. The minimum absolute atomic E-state index is 0.241. The van der Waals surface area contributed by atoms with E-state index in [4.69, 9.17) is 9.47 Å². The van der Waals surface area contributed by atoms with Crippen LogP contribution in [-0.2, 0) is 4.74 Å². The van der Waals surface area contributed by atoms with Gasteiger partial charge in [0.15, 0.2) is 0 Å². The molecule has 3 aromatic rings. The number of nitrogens with one attached hydrogen (secondary N) is 2. The molecule has 0 aliphatic heterocycles. The minimum Gasteiger partial charge on any atom is -0.495 e. The molecular weight excluding hydrogens is 360 g/mol. The second-order valence-corrected chi connectivity index (χ2v) is 5.61. The van der Waals surface area contributed by atoms with Crippen molar-refractivity contribution in [3.05, 3.63) is 72.1 Å². The number of rotatable bonds is 6. The van der Waals surface area contributed by atoms with Gasteiger partial charge < -0.3 is 20.1 Å². The highest BCUT2D eigenvalue weighted by atomic mass is 16.5. The quantitative estimate of drug-likeness (QED) is 0.635. The van der Waals surface area contributed by atoms with Crippen LogP contribution in [0.4, 0.5) is 17.3 Å². The van der Waals surface area contributed by atoms with E-state index in [-0.39, 0.29) is 17.4 Å². The Labute approximate surface area is 161 Å². The normalized spacial score (nSPS) is 10.1. The van der Waals surface area contributed by atoms with E-state index in [9.17, 15) is 9.59 Å². The molecule has 1 heterocycles. The second kappa shape index (κ2) is 8.63. The molecule has 0 aliphatic carbocycles. The number of hydrogen-bond donors (Lipinski definition) is 2. The van der Waals surface area contributed by atoms with Gasteiger partial charge in [0.2, 0.25) is 5.95 Å². The molecule has 1 amide bonds. The van der Waals surface area contributed by atoms with Gasteiger partial charge in [-0.1, -0.05) is 24.3 Å². The number of anilines is 3. The van der Waals surface area contributed by atoms with Gasteiger partial charge in [-0.15, -0.1) is 0 Å². The first-order valence-corrected chi connectivity index (χ1v) is 8.33. The Morgan fingerprint density at radius 2 is 1.54 bits per heavy atom. The topological polar surface area (TPSA) is 102 Å². The third kappa shape index (κ3) is 4.24. The zero-order valence-electron chi connectivity index (χ0n) is 15.3. The Kier molecular flexibility index (Phi) is 5.81. The van der Waals surface area contributed by atoms with Crippen LogP contribution in [0.3, 0.4) is 0 Å². The Hall–Kier alpha value is -3.94. The summed E-state index contributed by atoms with van der Waals surface area (Å²) >= 11 is 0. The largest absolute Gasteiger partial charge is 0.495 e. The third-order valence-corrected chi connectivity index (χ3v) is 3.85. The third-order valence-electron chi connectivity index (χ3n) is 3.85. The molecule has 28 heavy (non-hydrogen) atoms. The smallest absolute Gasteiger partial charge is 0.339 e. The summed E-state index contributed by atoms with van der Waals surface area (Å²) in [6.07, 6.45) is 2.78. The minimum atomic E-state index is -0.476. The van der Waals surface area contributed by atoms with Crippen LogP contribution < -0.4 is 15.4 Å². The molecule has 8 heteroatoms. The van der Waals surface area contributed by atoms with Crippen molar-refractivity contribution in [3.63, 3.8) is 0 Å². The number of para-hydroxylation sites is 3. The molecule has 8 nitrogen and oxygen atoms in total. The van der Waals surface area contributed by atoms with Gasteiger partial charge >= 0.3 is 5.97 Å². The summed E-state index contributed by atoms with van der Waals surface area (Å²) in [6, 6.07) is 13.9. The van der Waals surface area contributed by atoms with Crippen molar-refractivity contribution >= 4 is 29.2 Å². The lowest BCUT2D eigenvalue weighted by atomic mass is 10.2. The number of aromatic nitrogens is 2. The van der Waals surface area contributed by atoms with Crippen molar-refractivity contribution in [2.24, 2.45) is 0 Å². The number of nitrogens with zero attached hydrogens (tertiary/aromatic N) is 2. The van der Waals surface area contributed by atoms with E-state index >= 15 is 0 Å². The predicted octanol–water partition coefficient (Wildman–Crippen LogP) is 3.27. The van der Waals surface area contributed by atoms with Gasteiger partial charge in [-0.3, -0.25) is 4.79 Å². The maximum Gasteiger partial charge on any atom is 0.339 e. The second-order valence-electron chi connectivity index (χ2n) is 5.61. The SMILES string of the molecule is COC(=O)c1ccccc1Nc1ncc(C(=O)Nc2ccccc2OC)cn1. The Balaban J connectivity index is 1.74. The molecular formula is C20H18N4O4. The molecule has 0 saturated carbocycles. The summed E-state index contributed by atoms with van der Waals surface area (Å²) in [4.78, 5) is 32.5. The highest BCUT2D eigenvalue weighted by Gasteiger charge is 2.13. The first kappa shape index (κ1) is 18.8. The summed E-state index contributed by atoms with van der Waals surface area (Å²) in [6.45, 7) is 0. The summed E-state index contributed by atoms with van der Waals surface area (Å²) in [5.74, 6) is -0.0541. The lowest BCUT2D eigenvalue weighted by Gasteiger charge is -2.11. The van der Waals surface area contributed by atoms with E-state index in [1.807, 2.05) is 6.07 Å². The number of ether oxygens (including phenoxy) is 2. The maximum absolute atomic E-state index is 12.4. The summed E-state index contributed by atoms with van der Waals surface area (Å²) < 4.78 is 9.97. The van der Waals surface area contributed by atoms with E-state index < -0.39 is 5.97 Å².